The SMILES string of the molecule is CCOC(=O)C[C@H](/C=C/c1ccccc1)B1O[C@@H](C(OC)(c2ccccc2)c2ccccc2)[C@H](C(OC)(c2ccccc2)c2ccccc2)O1. The second-order valence-electron chi connectivity index (χ2n) is 12.3. The normalized spacial score (nSPS) is 17.1. The Hall–Kier alpha value is -4.79. The summed E-state index contributed by atoms with van der Waals surface area (Å²) in [7, 11) is 2.54. The number of rotatable bonds is 14. The van der Waals surface area contributed by atoms with Gasteiger partial charge in [0.05, 0.1) is 13.0 Å². The van der Waals surface area contributed by atoms with Crippen molar-refractivity contribution in [2.75, 3.05) is 20.8 Å². The minimum atomic E-state index is -1.16. The predicted octanol–water partition coefficient (Wildman–Crippen LogP) is 8.48. The summed E-state index contributed by atoms with van der Waals surface area (Å²) in [4.78, 5) is 13.2. The van der Waals surface area contributed by atoms with Crippen molar-refractivity contribution < 1.29 is 28.3 Å². The summed E-state index contributed by atoms with van der Waals surface area (Å²) in [5.74, 6) is -0.848. The first-order valence-corrected chi connectivity index (χ1v) is 17.1. The maximum Gasteiger partial charge on any atom is 0.465 e. The van der Waals surface area contributed by atoms with Crippen molar-refractivity contribution in [3.8, 4) is 0 Å². The van der Waals surface area contributed by atoms with Gasteiger partial charge in [-0.05, 0) is 34.7 Å². The van der Waals surface area contributed by atoms with Gasteiger partial charge in [0.15, 0.2) is 0 Å². The molecule has 5 aromatic carbocycles. The van der Waals surface area contributed by atoms with E-state index in [1.165, 1.54) is 0 Å². The molecule has 6 nitrogen and oxygen atoms in total. The van der Waals surface area contributed by atoms with Crippen LogP contribution in [0.2, 0.25) is 5.82 Å². The van der Waals surface area contributed by atoms with Crippen molar-refractivity contribution in [2.24, 2.45) is 0 Å². The minimum absolute atomic E-state index is 0.0502. The van der Waals surface area contributed by atoms with E-state index in [4.69, 9.17) is 23.5 Å². The van der Waals surface area contributed by atoms with Gasteiger partial charge in [0, 0.05) is 20.0 Å². The molecule has 0 aromatic heterocycles. The molecule has 6 rings (SSSR count). The number of methoxy groups -OCH3 is 2. The van der Waals surface area contributed by atoms with Gasteiger partial charge in [-0.15, -0.1) is 0 Å². The van der Waals surface area contributed by atoms with Gasteiger partial charge in [0.25, 0.3) is 0 Å². The Morgan fingerprint density at radius 3 is 1.34 bits per heavy atom. The highest BCUT2D eigenvalue weighted by atomic mass is 16.7. The first kappa shape index (κ1) is 35.1. The Morgan fingerprint density at radius 1 is 0.640 bits per heavy atom. The van der Waals surface area contributed by atoms with Crippen LogP contribution in [-0.4, -0.2) is 46.1 Å². The van der Waals surface area contributed by atoms with Gasteiger partial charge in [-0.1, -0.05) is 164 Å². The van der Waals surface area contributed by atoms with E-state index in [2.05, 4.69) is 48.5 Å². The topological polar surface area (TPSA) is 63.2 Å². The minimum Gasteiger partial charge on any atom is -0.466 e. The first-order valence-electron chi connectivity index (χ1n) is 17.1. The molecule has 1 aliphatic rings. The Bertz CT molecular complexity index is 1620. The molecule has 7 heteroatoms. The van der Waals surface area contributed by atoms with E-state index in [9.17, 15) is 4.79 Å². The highest BCUT2D eigenvalue weighted by molar-refractivity contribution is 6.48. The molecule has 0 amide bonds. The van der Waals surface area contributed by atoms with Crippen LogP contribution in [0.4, 0.5) is 0 Å². The van der Waals surface area contributed by atoms with Crippen LogP contribution in [0.3, 0.4) is 0 Å². The van der Waals surface area contributed by atoms with Crippen LogP contribution in [0.15, 0.2) is 158 Å². The zero-order valence-electron chi connectivity index (χ0n) is 28.8. The molecular formula is C43H43BO6. The van der Waals surface area contributed by atoms with Gasteiger partial charge in [-0.25, -0.2) is 0 Å². The van der Waals surface area contributed by atoms with E-state index in [-0.39, 0.29) is 19.0 Å². The lowest BCUT2D eigenvalue weighted by Gasteiger charge is -2.47. The second kappa shape index (κ2) is 16.3. The third kappa shape index (κ3) is 6.96. The third-order valence-electron chi connectivity index (χ3n) is 9.49. The van der Waals surface area contributed by atoms with Gasteiger partial charge in [0.2, 0.25) is 0 Å². The van der Waals surface area contributed by atoms with E-state index in [0.717, 1.165) is 27.8 Å². The highest BCUT2D eigenvalue weighted by Crippen LogP contribution is 2.51. The summed E-state index contributed by atoms with van der Waals surface area (Å²) < 4.78 is 33.4. The number of hydrogen-bond donors (Lipinski definition) is 0. The van der Waals surface area contributed by atoms with Crippen molar-refractivity contribution in [1.82, 2.24) is 0 Å². The van der Waals surface area contributed by atoms with Crippen molar-refractivity contribution in [3.05, 3.63) is 186 Å². The molecule has 50 heavy (non-hydrogen) atoms. The number of esters is 1. The zero-order valence-corrected chi connectivity index (χ0v) is 28.8. The Kier molecular flexibility index (Phi) is 11.4. The van der Waals surface area contributed by atoms with E-state index in [1.807, 2.05) is 115 Å². The van der Waals surface area contributed by atoms with Crippen LogP contribution in [0.25, 0.3) is 6.08 Å². The smallest absolute Gasteiger partial charge is 0.465 e. The monoisotopic (exact) mass is 666 g/mol. The number of carbonyl (C=O) groups excluding carboxylic acids is 1. The molecule has 0 saturated carbocycles. The van der Waals surface area contributed by atoms with Crippen LogP contribution in [0, 0.1) is 0 Å². The lowest BCUT2D eigenvalue weighted by atomic mass is 9.69. The van der Waals surface area contributed by atoms with Crippen LogP contribution in [0.5, 0.6) is 0 Å². The van der Waals surface area contributed by atoms with Crippen LogP contribution < -0.4 is 0 Å². The molecule has 1 aliphatic heterocycles. The highest BCUT2D eigenvalue weighted by Gasteiger charge is 2.62. The molecule has 5 aromatic rings. The molecule has 0 radical (unpaired) electrons. The summed E-state index contributed by atoms with van der Waals surface area (Å²) >= 11 is 0. The standard InChI is InChI=1S/C43H43BO6/c1-4-48-39(45)32-38(31-30-33-20-10-5-11-21-33)44-49-40(42(46-2,34-22-12-6-13-23-34)35-24-14-7-15-25-35)41(50-44)43(47-3,36-26-16-8-17-27-36)37-28-18-9-19-29-37/h5-31,38,40-41H,4,32H2,1-3H3/b31-30+/t38-,40+,41+/m0/s1. The number of ether oxygens (including phenoxy) is 3. The van der Waals surface area contributed by atoms with E-state index < -0.39 is 36.3 Å². The average Bonchev–Trinajstić information content (AvgIpc) is 3.62. The Balaban J connectivity index is 1.59. The van der Waals surface area contributed by atoms with Crippen molar-refractivity contribution >= 4 is 19.2 Å². The van der Waals surface area contributed by atoms with E-state index in [0.29, 0.717) is 0 Å². The number of benzene rings is 5. The van der Waals surface area contributed by atoms with Crippen molar-refractivity contribution in [2.45, 2.75) is 42.6 Å². The molecule has 0 N–H and O–H groups in total. The summed E-state index contributed by atoms with van der Waals surface area (Å²) in [5.41, 5.74) is 2.23. The summed E-state index contributed by atoms with van der Waals surface area (Å²) in [6.45, 7) is 2.08. The maximum absolute atomic E-state index is 13.2. The lowest BCUT2D eigenvalue weighted by Crippen LogP contribution is -2.56. The Labute approximate surface area is 295 Å². The molecule has 0 aliphatic carbocycles. The number of hydrogen-bond acceptors (Lipinski definition) is 6. The fourth-order valence-corrected chi connectivity index (χ4v) is 7.19. The third-order valence-corrected chi connectivity index (χ3v) is 9.49. The fourth-order valence-electron chi connectivity index (χ4n) is 7.19. The van der Waals surface area contributed by atoms with Gasteiger partial charge < -0.3 is 23.5 Å². The van der Waals surface area contributed by atoms with Gasteiger partial charge in [-0.2, -0.15) is 0 Å². The molecule has 0 spiro atoms. The van der Waals surface area contributed by atoms with Gasteiger partial charge in [0.1, 0.15) is 23.4 Å². The largest absolute Gasteiger partial charge is 0.466 e. The molecule has 1 fully saturated rings. The molecule has 0 unspecified atom stereocenters. The molecular weight excluding hydrogens is 623 g/mol. The second-order valence-corrected chi connectivity index (χ2v) is 12.3. The van der Waals surface area contributed by atoms with Crippen molar-refractivity contribution in [1.29, 1.82) is 0 Å². The molecule has 0 bridgehead atoms. The molecule has 1 heterocycles. The molecule has 1 saturated heterocycles. The van der Waals surface area contributed by atoms with E-state index in [1.54, 1.807) is 21.1 Å². The first-order chi connectivity index (χ1) is 24.6. The fraction of sp³-hybridized carbons (Fsp3) is 0.233. The Morgan fingerprint density at radius 2 is 1.00 bits per heavy atom. The van der Waals surface area contributed by atoms with Crippen LogP contribution in [0.1, 0.15) is 41.2 Å². The number of carbonyl (C=O) groups is 1. The average molecular weight is 667 g/mol. The summed E-state index contributed by atoms with van der Waals surface area (Å²) in [6, 6.07) is 50.3. The molecule has 254 valence electrons. The van der Waals surface area contributed by atoms with Crippen LogP contribution in [-0.2, 0) is 39.5 Å². The van der Waals surface area contributed by atoms with Gasteiger partial charge in [-0.3, -0.25) is 4.79 Å². The quantitative estimate of drug-likeness (QED) is 0.0876. The maximum atomic E-state index is 13.2. The number of allylic oxidation sites excluding steroid dienone is 1. The summed E-state index contributed by atoms with van der Waals surface area (Å²) in [5, 5.41) is 0. The lowest BCUT2D eigenvalue weighted by molar-refractivity contribution is -0.143. The van der Waals surface area contributed by atoms with E-state index >= 15 is 0 Å². The van der Waals surface area contributed by atoms with Crippen LogP contribution >= 0.6 is 0 Å². The zero-order chi connectivity index (χ0) is 34.8. The van der Waals surface area contributed by atoms with Crippen molar-refractivity contribution in [3.63, 3.8) is 0 Å². The summed E-state index contributed by atoms with van der Waals surface area (Å²) in [6.07, 6.45) is 2.47. The van der Waals surface area contributed by atoms with Gasteiger partial charge >= 0.3 is 13.1 Å². The molecule has 3 atom stereocenters. The predicted molar refractivity (Wildman–Crippen MR) is 197 cm³/mol.